The fourth-order valence-electron chi connectivity index (χ4n) is 1.92. The number of benzene rings is 1. The van der Waals surface area contributed by atoms with Crippen LogP contribution in [0.15, 0.2) is 18.2 Å². The van der Waals surface area contributed by atoms with E-state index in [1.807, 2.05) is 0 Å². The molecule has 0 spiro atoms. The molecule has 0 amide bonds. The minimum atomic E-state index is -0.321. The van der Waals surface area contributed by atoms with E-state index in [4.69, 9.17) is 17.3 Å². The van der Waals surface area contributed by atoms with Crippen molar-refractivity contribution in [3.8, 4) is 0 Å². The Morgan fingerprint density at radius 2 is 2.06 bits per heavy atom. The van der Waals surface area contributed by atoms with Gasteiger partial charge in [0.25, 0.3) is 0 Å². The van der Waals surface area contributed by atoms with E-state index in [1.165, 1.54) is 19.3 Å². The maximum absolute atomic E-state index is 13.6. The molecule has 17 heavy (non-hydrogen) atoms. The molecule has 0 aliphatic rings. The van der Waals surface area contributed by atoms with Crippen LogP contribution in [0.5, 0.6) is 0 Å². The standard InChI is InChI=1S/C14H21ClFN/c1-2-3-4-5-8-12(17)10-11-7-6-9-13(15)14(11)16/h6-7,9,12H,2-5,8,10,17H2,1H3. The Labute approximate surface area is 108 Å². The zero-order chi connectivity index (χ0) is 12.7. The van der Waals surface area contributed by atoms with Gasteiger partial charge in [0.15, 0.2) is 0 Å². The first-order chi connectivity index (χ1) is 8.15. The Balaban J connectivity index is 2.39. The van der Waals surface area contributed by atoms with E-state index in [1.54, 1.807) is 18.2 Å². The molecule has 1 nitrogen and oxygen atoms in total. The SMILES string of the molecule is CCCCCCC(N)Cc1cccc(Cl)c1F. The summed E-state index contributed by atoms with van der Waals surface area (Å²) < 4.78 is 13.6. The van der Waals surface area contributed by atoms with Crippen molar-refractivity contribution in [3.05, 3.63) is 34.6 Å². The highest BCUT2D eigenvalue weighted by molar-refractivity contribution is 6.30. The monoisotopic (exact) mass is 257 g/mol. The Hall–Kier alpha value is -0.600. The fourth-order valence-corrected chi connectivity index (χ4v) is 2.12. The van der Waals surface area contributed by atoms with E-state index < -0.39 is 0 Å². The fraction of sp³-hybridized carbons (Fsp3) is 0.571. The first-order valence-corrected chi connectivity index (χ1v) is 6.71. The normalized spacial score (nSPS) is 12.7. The maximum Gasteiger partial charge on any atom is 0.145 e. The molecule has 0 radical (unpaired) electrons. The van der Waals surface area contributed by atoms with Crippen LogP contribution in [0.2, 0.25) is 5.02 Å². The summed E-state index contributed by atoms with van der Waals surface area (Å²) >= 11 is 5.73. The molecule has 0 aliphatic carbocycles. The first-order valence-electron chi connectivity index (χ1n) is 6.33. The van der Waals surface area contributed by atoms with Crippen molar-refractivity contribution in [3.63, 3.8) is 0 Å². The van der Waals surface area contributed by atoms with Gasteiger partial charge >= 0.3 is 0 Å². The smallest absolute Gasteiger partial charge is 0.145 e. The van der Waals surface area contributed by atoms with Gasteiger partial charge in [-0.3, -0.25) is 0 Å². The van der Waals surface area contributed by atoms with Crippen LogP contribution in [0.4, 0.5) is 4.39 Å². The lowest BCUT2D eigenvalue weighted by atomic mass is 10.0. The molecule has 1 aromatic rings. The molecule has 96 valence electrons. The minimum absolute atomic E-state index is 0.0276. The maximum atomic E-state index is 13.6. The summed E-state index contributed by atoms with van der Waals surface area (Å²) in [6, 6.07) is 5.12. The Morgan fingerprint density at radius 3 is 2.76 bits per heavy atom. The molecule has 0 saturated heterocycles. The second-order valence-electron chi connectivity index (χ2n) is 4.53. The molecule has 0 aliphatic heterocycles. The van der Waals surface area contributed by atoms with E-state index in [0.29, 0.717) is 12.0 Å². The summed E-state index contributed by atoms with van der Waals surface area (Å²) in [6.07, 6.45) is 6.32. The van der Waals surface area contributed by atoms with Crippen LogP contribution in [0.3, 0.4) is 0 Å². The van der Waals surface area contributed by atoms with Gasteiger partial charge in [0.05, 0.1) is 5.02 Å². The summed E-state index contributed by atoms with van der Waals surface area (Å²) in [5.74, 6) is -0.321. The van der Waals surface area contributed by atoms with Crippen molar-refractivity contribution in [2.45, 2.75) is 51.5 Å². The first kappa shape index (κ1) is 14.5. The lowest BCUT2D eigenvalue weighted by Gasteiger charge is -2.12. The number of nitrogens with two attached hydrogens (primary N) is 1. The van der Waals surface area contributed by atoms with E-state index in [-0.39, 0.29) is 16.9 Å². The van der Waals surface area contributed by atoms with Crippen molar-refractivity contribution in [2.24, 2.45) is 5.73 Å². The van der Waals surface area contributed by atoms with Crippen LogP contribution >= 0.6 is 11.6 Å². The molecule has 0 saturated carbocycles. The van der Waals surface area contributed by atoms with Crippen LogP contribution in [-0.4, -0.2) is 6.04 Å². The van der Waals surface area contributed by atoms with Crippen molar-refractivity contribution < 1.29 is 4.39 Å². The third-order valence-electron chi connectivity index (χ3n) is 2.94. The van der Waals surface area contributed by atoms with Crippen molar-refractivity contribution in [2.75, 3.05) is 0 Å². The molecular formula is C14H21ClFN. The van der Waals surface area contributed by atoms with Crippen molar-refractivity contribution in [1.82, 2.24) is 0 Å². The van der Waals surface area contributed by atoms with Gasteiger partial charge in [-0.25, -0.2) is 4.39 Å². The van der Waals surface area contributed by atoms with E-state index >= 15 is 0 Å². The summed E-state index contributed by atoms with van der Waals surface area (Å²) in [5, 5.41) is 0.181. The zero-order valence-electron chi connectivity index (χ0n) is 10.4. The van der Waals surface area contributed by atoms with Crippen molar-refractivity contribution >= 4 is 11.6 Å². The zero-order valence-corrected chi connectivity index (χ0v) is 11.1. The lowest BCUT2D eigenvalue weighted by molar-refractivity contribution is 0.530. The van der Waals surface area contributed by atoms with Gasteiger partial charge in [-0.15, -0.1) is 0 Å². The second kappa shape index (κ2) is 7.67. The summed E-state index contributed by atoms with van der Waals surface area (Å²) in [7, 11) is 0. The third kappa shape index (κ3) is 5.05. The second-order valence-corrected chi connectivity index (χ2v) is 4.93. The van der Waals surface area contributed by atoms with E-state index in [9.17, 15) is 4.39 Å². The largest absolute Gasteiger partial charge is 0.327 e. The van der Waals surface area contributed by atoms with E-state index in [0.717, 1.165) is 12.8 Å². The summed E-state index contributed by atoms with van der Waals surface area (Å²) in [4.78, 5) is 0. The van der Waals surface area contributed by atoms with Gasteiger partial charge in [-0.05, 0) is 24.5 Å². The predicted molar refractivity (Wildman–Crippen MR) is 71.8 cm³/mol. The van der Waals surface area contributed by atoms with Gasteiger partial charge in [-0.1, -0.05) is 56.3 Å². The summed E-state index contributed by atoms with van der Waals surface area (Å²) in [5.41, 5.74) is 6.62. The highest BCUT2D eigenvalue weighted by Gasteiger charge is 2.10. The van der Waals surface area contributed by atoms with E-state index in [2.05, 4.69) is 6.92 Å². The lowest BCUT2D eigenvalue weighted by Crippen LogP contribution is -2.23. The Morgan fingerprint density at radius 1 is 1.29 bits per heavy atom. The molecule has 0 bridgehead atoms. The molecule has 1 unspecified atom stereocenters. The highest BCUT2D eigenvalue weighted by Crippen LogP contribution is 2.19. The minimum Gasteiger partial charge on any atom is -0.327 e. The molecule has 0 aromatic heterocycles. The Kier molecular flexibility index (Phi) is 6.53. The summed E-state index contributed by atoms with van der Waals surface area (Å²) in [6.45, 7) is 2.18. The van der Waals surface area contributed by atoms with Crippen molar-refractivity contribution in [1.29, 1.82) is 0 Å². The van der Waals surface area contributed by atoms with Crippen LogP contribution in [0, 0.1) is 5.82 Å². The number of hydrogen-bond donors (Lipinski definition) is 1. The third-order valence-corrected chi connectivity index (χ3v) is 3.23. The van der Waals surface area contributed by atoms with Crippen LogP contribution in [-0.2, 0) is 6.42 Å². The molecule has 1 atom stereocenters. The van der Waals surface area contributed by atoms with Gasteiger partial charge < -0.3 is 5.73 Å². The molecule has 2 N–H and O–H groups in total. The molecule has 1 aromatic carbocycles. The number of rotatable bonds is 7. The molecular weight excluding hydrogens is 237 g/mol. The van der Waals surface area contributed by atoms with Crippen LogP contribution in [0.1, 0.15) is 44.6 Å². The number of unbranched alkanes of at least 4 members (excludes halogenated alkanes) is 3. The van der Waals surface area contributed by atoms with Gasteiger partial charge in [0.1, 0.15) is 5.82 Å². The average Bonchev–Trinajstić information content (AvgIpc) is 2.31. The molecule has 3 heteroatoms. The van der Waals surface area contributed by atoms with Gasteiger partial charge in [0, 0.05) is 6.04 Å². The molecule has 0 heterocycles. The highest BCUT2D eigenvalue weighted by atomic mass is 35.5. The quantitative estimate of drug-likeness (QED) is 0.724. The predicted octanol–water partition coefficient (Wildman–Crippen LogP) is 4.32. The Bertz CT molecular complexity index is 341. The number of halogens is 2. The molecule has 0 fully saturated rings. The van der Waals surface area contributed by atoms with Gasteiger partial charge in [-0.2, -0.15) is 0 Å². The average molecular weight is 258 g/mol. The van der Waals surface area contributed by atoms with Gasteiger partial charge in [0.2, 0.25) is 0 Å². The topological polar surface area (TPSA) is 26.0 Å². The van der Waals surface area contributed by atoms with Crippen LogP contribution < -0.4 is 5.73 Å². The van der Waals surface area contributed by atoms with Crippen LogP contribution in [0.25, 0.3) is 0 Å². The number of hydrogen-bond acceptors (Lipinski definition) is 1. The molecule has 1 rings (SSSR count).